The molecule has 0 fully saturated rings. The van der Waals surface area contributed by atoms with Gasteiger partial charge in [-0.2, -0.15) is 5.21 Å². The third-order valence-corrected chi connectivity index (χ3v) is 3.21. The Morgan fingerprint density at radius 1 is 1.27 bits per heavy atom. The summed E-state index contributed by atoms with van der Waals surface area (Å²) in [4.78, 5) is 0. The Kier molecular flexibility index (Phi) is 4.06. The van der Waals surface area contributed by atoms with Gasteiger partial charge in [-0.05, 0) is 42.0 Å². The van der Waals surface area contributed by atoms with Crippen LogP contribution in [0.3, 0.4) is 0 Å². The minimum Gasteiger partial charge on any atom is -0.381 e. The molecule has 2 heterocycles. The normalized spacial score (nSPS) is 12.8. The molecular formula is C15H14FN5O. The van der Waals surface area contributed by atoms with Crippen molar-refractivity contribution in [3.8, 4) is 0 Å². The van der Waals surface area contributed by atoms with Crippen LogP contribution in [-0.2, 0) is 6.54 Å². The Morgan fingerprint density at radius 3 is 2.82 bits per heavy atom. The average molecular weight is 299 g/mol. The number of hydrogen-bond acceptors (Lipinski definition) is 4. The Hall–Kier alpha value is -2.80. The maximum atomic E-state index is 12.9. The molecule has 1 atom stereocenters. The van der Waals surface area contributed by atoms with Crippen molar-refractivity contribution in [2.45, 2.75) is 12.6 Å². The first-order valence-corrected chi connectivity index (χ1v) is 6.71. The van der Waals surface area contributed by atoms with Crippen LogP contribution >= 0.6 is 0 Å². The largest absolute Gasteiger partial charge is 0.381 e. The fraction of sp³-hybridized carbons (Fsp3) is 0.133. The zero-order valence-corrected chi connectivity index (χ0v) is 11.6. The maximum absolute atomic E-state index is 12.9. The number of tetrazole rings is 1. The Bertz CT molecular complexity index is 749. The molecule has 0 saturated heterocycles. The van der Waals surface area contributed by atoms with Gasteiger partial charge in [0.2, 0.25) is 5.82 Å². The van der Waals surface area contributed by atoms with Crippen molar-refractivity contribution < 1.29 is 9.50 Å². The fourth-order valence-corrected chi connectivity index (χ4v) is 2.08. The molecule has 1 unspecified atom stereocenters. The Balaban J connectivity index is 1.73. The second-order valence-corrected chi connectivity index (χ2v) is 4.76. The van der Waals surface area contributed by atoms with Crippen LogP contribution in [0, 0.1) is 5.82 Å². The minimum absolute atomic E-state index is 0.216. The highest BCUT2D eigenvalue weighted by Crippen LogP contribution is 2.13. The van der Waals surface area contributed by atoms with Crippen molar-refractivity contribution in [1.82, 2.24) is 25.2 Å². The molecule has 0 aliphatic heterocycles. The highest BCUT2D eigenvalue weighted by Gasteiger charge is 2.08. The average Bonchev–Trinajstić information content (AvgIpc) is 3.19. The lowest BCUT2D eigenvalue weighted by Gasteiger charge is -2.07. The predicted octanol–water partition coefficient (Wildman–Crippen LogP) is 1.94. The molecule has 0 bridgehead atoms. The summed E-state index contributed by atoms with van der Waals surface area (Å²) in [5.74, 6) is -0.0347. The Morgan fingerprint density at radius 2 is 2.09 bits per heavy atom. The molecule has 22 heavy (non-hydrogen) atoms. The number of hydrogen-bond donors (Lipinski definition) is 2. The van der Waals surface area contributed by atoms with Crippen molar-refractivity contribution >= 4 is 6.08 Å². The molecule has 3 aromatic rings. The topological polar surface area (TPSA) is 79.6 Å². The molecular weight excluding hydrogens is 285 g/mol. The molecule has 7 heteroatoms. The van der Waals surface area contributed by atoms with E-state index in [1.165, 1.54) is 12.1 Å². The third kappa shape index (κ3) is 3.26. The summed E-state index contributed by atoms with van der Waals surface area (Å²) in [7, 11) is 0. The van der Waals surface area contributed by atoms with Crippen LogP contribution in [0.2, 0.25) is 0 Å². The molecule has 0 aliphatic carbocycles. The van der Waals surface area contributed by atoms with E-state index in [-0.39, 0.29) is 11.6 Å². The maximum Gasteiger partial charge on any atom is 0.206 e. The molecule has 0 amide bonds. The minimum atomic E-state index is -0.923. The molecule has 2 aromatic heterocycles. The van der Waals surface area contributed by atoms with E-state index in [1.54, 1.807) is 24.3 Å². The molecule has 0 aliphatic rings. The zero-order valence-electron chi connectivity index (χ0n) is 11.6. The summed E-state index contributed by atoms with van der Waals surface area (Å²) in [6.07, 6.45) is 4.36. The molecule has 2 N–H and O–H groups in total. The van der Waals surface area contributed by atoms with Crippen LogP contribution < -0.4 is 0 Å². The SMILES string of the molecule is OC(C=Cc1cccn1Cc1ccc(F)cc1)c1nn[nH]n1. The van der Waals surface area contributed by atoms with Gasteiger partial charge in [-0.3, -0.25) is 0 Å². The second-order valence-electron chi connectivity index (χ2n) is 4.76. The number of aromatic nitrogens is 5. The summed E-state index contributed by atoms with van der Waals surface area (Å²) < 4.78 is 14.9. The number of aliphatic hydroxyl groups excluding tert-OH is 1. The molecule has 1 aromatic carbocycles. The summed E-state index contributed by atoms with van der Waals surface area (Å²) in [5, 5.41) is 23.0. The number of aromatic amines is 1. The number of rotatable bonds is 5. The zero-order chi connectivity index (χ0) is 15.4. The first kappa shape index (κ1) is 14.2. The van der Waals surface area contributed by atoms with E-state index in [1.807, 2.05) is 22.9 Å². The van der Waals surface area contributed by atoms with Crippen LogP contribution in [-0.4, -0.2) is 30.3 Å². The van der Waals surface area contributed by atoms with Crippen molar-refractivity contribution in [2.75, 3.05) is 0 Å². The first-order valence-electron chi connectivity index (χ1n) is 6.71. The quantitative estimate of drug-likeness (QED) is 0.754. The summed E-state index contributed by atoms with van der Waals surface area (Å²) >= 11 is 0. The van der Waals surface area contributed by atoms with Gasteiger partial charge < -0.3 is 9.67 Å². The standard InChI is InChI=1S/C15H14FN5O/c16-12-5-3-11(4-6-12)10-21-9-1-2-13(21)7-8-14(22)15-17-19-20-18-15/h1-9,14,22H,10H2,(H,17,18,19,20). The van der Waals surface area contributed by atoms with Gasteiger partial charge in [-0.15, -0.1) is 10.2 Å². The molecule has 3 rings (SSSR count). The van der Waals surface area contributed by atoms with E-state index in [0.29, 0.717) is 6.54 Å². The number of aliphatic hydroxyl groups is 1. The van der Waals surface area contributed by atoms with E-state index in [4.69, 9.17) is 0 Å². The van der Waals surface area contributed by atoms with Gasteiger partial charge in [0.05, 0.1) is 0 Å². The molecule has 112 valence electrons. The molecule has 6 nitrogen and oxygen atoms in total. The van der Waals surface area contributed by atoms with E-state index >= 15 is 0 Å². The van der Waals surface area contributed by atoms with Gasteiger partial charge in [0.15, 0.2) is 0 Å². The summed E-state index contributed by atoms with van der Waals surface area (Å²) in [6, 6.07) is 10.2. The van der Waals surface area contributed by atoms with Gasteiger partial charge in [-0.1, -0.05) is 17.3 Å². The second kappa shape index (κ2) is 6.31. The van der Waals surface area contributed by atoms with E-state index in [2.05, 4.69) is 20.6 Å². The number of nitrogens with one attached hydrogen (secondary N) is 1. The summed E-state index contributed by atoms with van der Waals surface area (Å²) in [5.41, 5.74) is 1.90. The lowest BCUT2D eigenvalue weighted by Crippen LogP contribution is -2.01. The lowest BCUT2D eigenvalue weighted by molar-refractivity contribution is 0.219. The smallest absolute Gasteiger partial charge is 0.206 e. The number of nitrogens with zero attached hydrogens (tertiary/aromatic N) is 4. The fourth-order valence-electron chi connectivity index (χ4n) is 2.08. The monoisotopic (exact) mass is 299 g/mol. The highest BCUT2D eigenvalue weighted by atomic mass is 19.1. The van der Waals surface area contributed by atoms with E-state index in [9.17, 15) is 9.50 Å². The van der Waals surface area contributed by atoms with E-state index < -0.39 is 6.10 Å². The number of benzene rings is 1. The third-order valence-electron chi connectivity index (χ3n) is 3.21. The van der Waals surface area contributed by atoms with Crippen molar-refractivity contribution in [3.63, 3.8) is 0 Å². The van der Waals surface area contributed by atoms with Crippen LogP contribution in [0.25, 0.3) is 6.08 Å². The van der Waals surface area contributed by atoms with Crippen LogP contribution in [0.1, 0.15) is 23.2 Å². The van der Waals surface area contributed by atoms with Crippen molar-refractivity contribution in [1.29, 1.82) is 0 Å². The van der Waals surface area contributed by atoms with Crippen LogP contribution in [0.15, 0.2) is 48.7 Å². The van der Waals surface area contributed by atoms with Gasteiger partial charge in [0.25, 0.3) is 0 Å². The molecule has 0 spiro atoms. The summed E-state index contributed by atoms with van der Waals surface area (Å²) in [6.45, 7) is 0.616. The number of halogens is 1. The van der Waals surface area contributed by atoms with Gasteiger partial charge in [0, 0.05) is 18.4 Å². The highest BCUT2D eigenvalue weighted by molar-refractivity contribution is 5.46. The van der Waals surface area contributed by atoms with Gasteiger partial charge >= 0.3 is 0 Å². The van der Waals surface area contributed by atoms with E-state index in [0.717, 1.165) is 11.3 Å². The molecule has 0 saturated carbocycles. The van der Waals surface area contributed by atoms with Crippen LogP contribution in [0.4, 0.5) is 4.39 Å². The lowest BCUT2D eigenvalue weighted by atomic mass is 10.2. The van der Waals surface area contributed by atoms with Crippen LogP contribution in [0.5, 0.6) is 0 Å². The Labute approximate surface area is 125 Å². The first-order chi connectivity index (χ1) is 10.7. The van der Waals surface area contributed by atoms with Gasteiger partial charge in [0.1, 0.15) is 11.9 Å². The predicted molar refractivity (Wildman–Crippen MR) is 78.1 cm³/mol. The van der Waals surface area contributed by atoms with Gasteiger partial charge in [-0.25, -0.2) is 4.39 Å². The van der Waals surface area contributed by atoms with Crippen molar-refractivity contribution in [2.24, 2.45) is 0 Å². The molecule has 0 radical (unpaired) electrons. The van der Waals surface area contributed by atoms with Crippen molar-refractivity contribution in [3.05, 3.63) is 71.6 Å². The number of H-pyrrole nitrogens is 1.